The topological polar surface area (TPSA) is 45.5 Å². The van der Waals surface area contributed by atoms with Crippen molar-refractivity contribution < 1.29 is 4.79 Å². The van der Waals surface area contributed by atoms with Crippen LogP contribution in [0.1, 0.15) is 23.7 Å². The standard InChI is InChI=1S/C18H21N3O2/c1-13-8-10-19(2)15-6-4-5-7-16(15)21(13)18(23)14-9-11-20(3)17(22)12-14/h4-7,9,11-13H,8,10H2,1-3H3/t13-/m0/s1. The number of aromatic nitrogens is 1. The van der Waals surface area contributed by atoms with E-state index in [1.165, 1.54) is 10.6 Å². The molecule has 3 rings (SSSR count). The highest BCUT2D eigenvalue weighted by atomic mass is 16.2. The molecule has 1 aliphatic heterocycles. The number of fused-ring (bicyclic) bond motifs is 1. The highest BCUT2D eigenvalue weighted by Crippen LogP contribution is 2.34. The Morgan fingerprint density at radius 2 is 1.83 bits per heavy atom. The second kappa shape index (κ2) is 5.91. The van der Waals surface area contributed by atoms with Crippen molar-refractivity contribution in [3.8, 4) is 0 Å². The van der Waals surface area contributed by atoms with Crippen LogP contribution in [0.25, 0.3) is 0 Å². The maximum atomic E-state index is 13.1. The molecule has 0 aliphatic carbocycles. The van der Waals surface area contributed by atoms with Crippen molar-refractivity contribution in [3.05, 3.63) is 58.5 Å². The monoisotopic (exact) mass is 311 g/mol. The first-order valence-corrected chi connectivity index (χ1v) is 7.79. The van der Waals surface area contributed by atoms with Crippen LogP contribution in [0.4, 0.5) is 11.4 Å². The molecule has 0 N–H and O–H groups in total. The number of rotatable bonds is 1. The molecule has 1 atom stereocenters. The fourth-order valence-corrected chi connectivity index (χ4v) is 2.99. The average Bonchev–Trinajstić information content (AvgIpc) is 2.67. The van der Waals surface area contributed by atoms with Crippen molar-refractivity contribution in [2.45, 2.75) is 19.4 Å². The Kier molecular flexibility index (Phi) is 3.94. The fourth-order valence-electron chi connectivity index (χ4n) is 2.99. The summed E-state index contributed by atoms with van der Waals surface area (Å²) in [6.45, 7) is 2.94. The van der Waals surface area contributed by atoms with Crippen molar-refractivity contribution in [3.63, 3.8) is 0 Å². The average molecular weight is 311 g/mol. The lowest BCUT2D eigenvalue weighted by Crippen LogP contribution is -2.39. The Morgan fingerprint density at radius 1 is 1.13 bits per heavy atom. The summed E-state index contributed by atoms with van der Waals surface area (Å²) in [5.74, 6) is -0.127. The molecule has 0 saturated carbocycles. The second-order valence-electron chi connectivity index (χ2n) is 6.09. The lowest BCUT2D eigenvalue weighted by Gasteiger charge is -2.28. The molecule has 0 fully saturated rings. The number of carbonyl (C=O) groups excluding carboxylic acids is 1. The number of para-hydroxylation sites is 2. The van der Waals surface area contributed by atoms with Gasteiger partial charge in [0.05, 0.1) is 11.4 Å². The van der Waals surface area contributed by atoms with Gasteiger partial charge in [0.15, 0.2) is 0 Å². The molecule has 2 aromatic rings. The lowest BCUT2D eigenvalue weighted by molar-refractivity contribution is 0.0978. The van der Waals surface area contributed by atoms with Crippen LogP contribution in [0.3, 0.4) is 0 Å². The van der Waals surface area contributed by atoms with Gasteiger partial charge in [0, 0.05) is 44.5 Å². The molecule has 0 bridgehead atoms. The third kappa shape index (κ3) is 2.74. The van der Waals surface area contributed by atoms with E-state index in [1.54, 1.807) is 19.3 Å². The number of benzene rings is 1. The Hall–Kier alpha value is -2.56. The molecule has 0 unspecified atom stereocenters. The quantitative estimate of drug-likeness (QED) is 0.811. The van der Waals surface area contributed by atoms with E-state index >= 15 is 0 Å². The normalized spacial score (nSPS) is 17.6. The van der Waals surface area contributed by atoms with Crippen molar-refractivity contribution >= 4 is 17.3 Å². The summed E-state index contributed by atoms with van der Waals surface area (Å²) < 4.78 is 1.46. The number of amides is 1. The predicted octanol–water partition coefficient (Wildman–Crippen LogP) is 2.26. The number of aryl methyl sites for hydroxylation is 1. The predicted molar refractivity (Wildman–Crippen MR) is 92.3 cm³/mol. The Labute approximate surface area is 135 Å². The van der Waals surface area contributed by atoms with E-state index in [1.807, 2.05) is 36.2 Å². The summed E-state index contributed by atoms with van der Waals surface area (Å²) in [5.41, 5.74) is 2.18. The fraction of sp³-hybridized carbons (Fsp3) is 0.333. The van der Waals surface area contributed by atoms with Gasteiger partial charge in [-0.25, -0.2) is 0 Å². The second-order valence-corrected chi connectivity index (χ2v) is 6.09. The smallest absolute Gasteiger partial charge is 0.258 e. The summed E-state index contributed by atoms with van der Waals surface area (Å²) in [6, 6.07) is 11.1. The highest BCUT2D eigenvalue weighted by molar-refractivity contribution is 6.08. The van der Waals surface area contributed by atoms with Gasteiger partial charge in [-0.15, -0.1) is 0 Å². The zero-order chi connectivity index (χ0) is 16.6. The van der Waals surface area contributed by atoms with Crippen LogP contribution in [0.15, 0.2) is 47.4 Å². The van der Waals surface area contributed by atoms with E-state index < -0.39 is 0 Å². The summed E-state index contributed by atoms with van der Waals surface area (Å²) in [5, 5.41) is 0. The molecule has 1 aromatic carbocycles. The maximum absolute atomic E-state index is 13.1. The molecule has 5 heteroatoms. The van der Waals surface area contributed by atoms with Gasteiger partial charge in [0.1, 0.15) is 0 Å². The number of pyridine rings is 1. The summed E-state index contributed by atoms with van der Waals surface area (Å²) in [7, 11) is 3.72. The first kappa shape index (κ1) is 15.3. The molecule has 0 saturated heterocycles. The van der Waals surface area contributed by atoms with E-state index in [4.69, 9.17) is 0 Å². The SMILES string of the molecule is C[C@H]1CCN(C)c2ccccc2N1C(=O)c1ccn(C)c(=O)c1. The van der Waals surface area contributed by atoms with Gasteiger partial charge in [-0.1, -0.05) is 12.1 Å². The molecule has 1 aromatic heterocycles. The van der Waals surface area contributed by atoms with E-state index in [2.05, 4.69) is 11.8 Å². The van der Waals surface area contributed by atoms with E-state index in [-0.39, 0.29) is 17.5 Å². The van der Waals surface area contributed by atoms with Gasteiger partial charge in [-0.2, -0.15) is 0 Å². The molecule has 1 amide bonds. The Morgan fingerprint density at radius 3 is 2.52 bits per heavy atom. The first-order chi connectivity index (χ1) is 11.0. The van der Waals surface area contributed by atoms with Crippen LogP contribution in [0.5, 0.6) is 0 Å². The number of hydrogen-bond donors (Lipinski definition) is 0. The minimum absolute atomic E-state index is 0.0673. The summed E-state index contributed by atoms with van der Waals surface area (Å²) in [4.78, 5) is 28.9. The number of nitrogens with zero attached hydrogens (tertiary/aromatic N) is 3. The molecule has 23 heavy (non-hydrogen) atoms. The molecule has 5 nitrogen and oxygen atoms in total. The van der Waals surface area contributed by atoms with Crippen LogP contribution in [-0.4, -0.2) is 30.1 Å². The number of anilines is 2. The molecule has 120 valence electrons. The third-order valence-corrected chi connectivity index (χ3v) is 4.45. The highest BCUT2D eigenvalue weighted by Gasteiger charge is 2.29. The van der Waals surface area contributed by atoms with E-state index in [0.29, 0.717) is 5.56 Å². The molecule has 0 radical (unpaired) electrons. The number of hydrogen-bond acceptors (Lipinski definition) is 3. The van der Waals surface area contributed by atoms with Crippen LogP contribution < -0.4 is 15.4 Å². The van der Waals surface area contributed by atoms with Gasteiger partial charge in [-0.3, -0.25) is 9.59 Å². The van der Waals surface area contributed by atoms with Gasteiger partial charge in [0.25, 0.3) is 11.5 Å². The molecule has 1 aliphatic rings. The first-order valence-electron chi connectivity index (χ1n) is 7.79. The van der Waals surface area contributed by atoms with Crippen molar-refractivity contribution in [1.29, 1.82) is 0 Å². The lowest BCUT2D eigenvalue weighted by atomic mass is 10.1. The van der Waals surface area contributed by atoms with Crippen LogP contribution in [0.2, 0.25) is 0 Å². The van der Waals surface area contributed by atoms with Crippen LogP contribution in [-0.2, 0) is 7.05 Å². The largest absolute Gasteiger partial charge is 0.373 e. The molecular weight excluding hydrogens is 290 g/mol. The summed E-state index contributed by atoms with van der Waals surface area (Å²) in [6.07, 6.45) is 2.51. The van der Waals surface area contributed by atoms with Crippen molar-refractivity contribution in [2.75, 3.05) is 23.4 Å². The molecule has 0 spiro atoms. The minimum Gasteiger partial charge on any atom is -0.373 e. The maximum Gasteiger partial charge on any atom is 0.258 e. The van der Waals surface area contributed by atoms with Crippen molar-refractivity contribution in [1.82, 2.24) is 4.57 Å². The zero-order valence-electron chi connectivity index (χ0n) is 13.7. The Bertz CT molecular complexity index is 797. The summed E-state index contributed by atoms with van der Waals surface area (Å²) >= 11 is 0. The van der Waals surface area contributed by atoms with E-state index in [9.17, 15) is 9.59 Å². The van der Waals surface area contributed by atoms with E-state index in [0.717, 1.165) is 24.3 Å². The number of carbonyl (C=O) groups is 1. The minimum atomic E-state index is -0.177. The van der Waals surface area contributed by atoms with Gasteiger partial charge >= 0.3 is 0 Å². The van der Waals surface area contributed by atoms with Crippen molar-refractivity contribution in [2.24, 2.45) is 7.05 Å². The Balaban J connectivity index is 2.09. The van der Waals surface area contributed by atoms with Crippen LogP contribution in [0, 0.1) is 0 Å². The zero-order valence-corrected chi connectivity index (χ0v) is 13.7. The molecular formula is C18H21N3O2. The van der Waals surface area contributed by atoms with Gasteiger partial charge in [0.2, 0.25) is 0 Å². The molecule has 2 heterocycles. The third-order valence-electron chi connectivity index (χ3n) is 4.45. The van der Waals surface area contributed by atoms with Crippen LogP contribution >= 0.6 is 0 Å². The van der Waals surface area contributed by atoms with Gasteiger partial charge in [-0.05, 0) is 31.5 Å². The van der Waals surface area contributed by atoms with Gasteiger partial charge < -0.3 is 14.4 Å².